The molecule has 5 nitrogen and oxygen atoms in total. The molecule has 0 saturated carbocycles. The number of phenolic OH excluding ortho intramolecular Hbond substituents is 1. The monoisotopic (exact) mass is 587 g/mol. The quantitative estimate of drug-likeness (QED) is 0.0852. The van der Waals surface area contributed by atoms with Gasteiger partial charge in [-0.3, -0.25) is 9.59 Å². The fourth-order valence-corrected chi connectivity index (χ4v) is 5.47. The number of unbranched alkanes of at least 4 members (excludes halogenated alkanes) is 14. The average Bonchev–Trinajstić information content (AvgIpc) is 2.88. The Kier molecular flexibility index (Phi) is 18.1. The Bertz CT molecular complexity index is 874. The summed E-state index contributed by atoms with van der Waals surface area (Å²) in [7, 11) is 0. The van der Waals surface area contributed by atoms with Crippen molar-refractivity contribution in [2.24, 2.45) is 0 Å². The van der Waals surface area contributed by atoms with Crippen LogP contribution in [0.1, 0.15) is 181 Å². The molecule has 0 bridgehead atoms. The molecule has 0 spiro atoms. The Hall–Kier alpha value is -2.04. The smallest absolute Gasteiger partial charge is 0.308 e. The van der Waals surface area contributed by atoms with Crippen molar-refractivity contribution in [3.63, 3.8) is 0 Å². The zero-order chi connectivity index (χ0) is 31.6. The van der Waals surface area contributed by atoms with Gasteiger partial charge in [-0.1, -0.05) is 150 Å². The van der Waals surface area contributed by atoms with Gasteiger partial charge in [0.2, 0.25) is 5.91 Å². The Labute approximate surface area is 259 Å². The summed E-state index contributed by atoms with van der Waals surface area (Å²) in [5.74, 6) is -0.0580. The molecule has 1 unspecified atom stereocenters. The van der Waals surface area contributed by atoms with Crippen LogP contribution < -0.4 is 5.32 Å². The van der Waals surface area contributed by atoms with Crippen LogP contribution in [-0.2, 0) is 31.6 Å². The van der Waals surface area contributed by atoms with Crippen molar-refractivity contribution in [2.45, 2.75) is 188 Å². The number of esters is 1. The summed E-state index contributed by atoms with van der Waals surface area (Å²) >= 11 is 0. The van der Waals surface area contributed by atoms with Crippen LogP contribution in [0.5, 0.6) is 5.75 Å². The number of carbonyl (C=O) groups is 2. The number of ether oxygens (including phenoxy) is 1. The molecule has 1 aromatic rings. The van der Waals surface area contributed by atoms with Crippen molar-refractivity contribution in [1.82, 2.24) is 5.32 Å². The Morgan fingerprint density at radius 2 is 1.12 bits per heavy atom. The second kappa shape index (κ2) is 20.0. The minimum atomic E-state index is -0.642. The predicted octanol–water partition coefficient (Wildman–Crippen LogP) is 10.2. The van der Waals surface area contributed by atoms with E-state index in [-0.39, 0.29) is 29.1 Å². The number of aromatic hydroxyl groups is 1. The number of phenols is 1. The number of hydrogen-bond acceptors (Lipinski definition) is 4. The van der Waals surface area contributed by atoms with Gasteiger partial charge in [-0.15, -0.1) is 0 Å². The van der Waals surface area contributed by atoms with Gasteiger partial charge in [0.05, 0.1) is 0 Å². The molecule has 42 heavy (non-hydrogen) atoms. The Morgan fingerprint density at radius 1 is 0.714 bits per heavy atom. The maximum Gasteiger partial charge on any atom is 0.308 e. The van der Waals surface area contributed by atoms with E-state index in [4.69, 9.17) is 4.74 Å². The first-order valence-corrected chi connectivity index (χ1v) is 17.1. The third kappa shape index (κ3) is 16.6. The summed E-state index contributed by atoms with van der Waals surface area (Å²) in [5.41, 5.74) is 2.35. The van der Waals surface area contributed by atoms with Gasteiger partial charge < -0.3 is 15.2 Å². The average molecular weight is 588 g/mol. The van der Waals surface area contributed by atoms with Crippen molar-refractivity contribution >= 4 is 11.9 Å². The van der Waals surface area contributed by atoms with Crippen molar-refractivity contribution in [1.29, 1.82) is 0 Å². The van der Waals surface area contributed by atoms with Crippen molar-refractivity contribution < 1.29 is 19.4 Å². The van der Waals surface area contributed by atoms with E-state index < -0.39 is 6.23 Å². The summed E-state index contributed by atoms with van der Waals surface area (Å²) in [6.07, 6.45) is 20.1. The van der Waals surface area contributed by atoms with E-state index in [1.165, 1.54) is 83.5 Å². The van der Waals surface area contributed by atoms with Crippen molar-refractivity contribution in [3.8, 4) is 5.75 Å². The number of hydrogen-bond donors (Lipinski definition) is 2. The van der Waals surface area contributed by atoms with Gasteiger partial charge in [0.25, 0.3) is 0 Å². The van der Waals surface area contributed by atoms with E-state index in [0.717, 1.165) is 29.5 Å². The summed E-state index contributed by atoms with van der Waals surface area (Å²) in [6, 6.07) is 4.00. The Morgan fingerprint density at radius 3 is 1.52 bits per heavy atom. The summed E-state index contributed by atoms with van der Waals surface area (Å²) in [6.45, 7) is 16.5. The van der Waals surface area contributed by atoms with Crippen LogP contribution in [0.2, 0.25) is 0 Å². The highest BCUT2D eigenvalue weighted by Crippen LogP contribution is 2.40. The maximum atomic E-state index is 12.5. The highest BCUT2D eigenvalue weighted by Gasteiger charge is 2.26. The molecule has 1 rings (SSSR count). The maximum absolute atomic E-state index is 12.5. The summed E-state index contributed by atoms with van der Waals surface area (Å²) < 4.78 is 5.47. The van der Waals surface area contributed by atoms with Gasteiger partial charge in [-0.25, -0.2) is 0 Å². The first kappa shape index (κ1) is 38.0. The van der Waals surface area contributed by atoms with Crippen LogP contribution in [-0.4, -0.2) is 23.2 Å². The molecule has 1 aromatic carbocycles. The normalized spacial score (nSPS) is 12.8. The second-order valence-corrected chi connectivity index (χ2v) is 14.4. The lowest BCUT2D eigenvalue weighted by Gasteiger charge is -2.28. The lowest BCUT2D eigenvalue weighted by Crippen LogP contribution is -2.36. The zero-order valence-electron chi connectivity index (χ0n) is 28.6. The predicted molar refractivity (Wildman–Crippen MR) is 177 cm³/mol. The molecule has 0 fully saturated rings. The van der Waals surface area contributed by atoms with E-state index >= 15 is 0 Å². The molecule has 242 valence electrons. The molecule has 0 heterocycles. The van der Waals surface area contributed by atoms with Crippen LogP contribution in [0, 0.1) is 0 Å². The first-order valence-electron chi connectivity index (χ1n) is 17.1. The highest BCUT2D eigenvalue weighted by atomic mass is 16.6. The largest absolute Gasteiger partial charge is 0.507 e. The molecule has 0 aliphatic rings. The minimum absolute atomic E-state index is 0.0619. The number of nitrogens with one attached hydrogen (secondary N) is 1. The van der Waals surface area contributed by atoms with Gasteiger partial charge in [0.15, 0.2) is 6.23 Å². The molecular weight excluding hydrogens is 522 g/mol. The van der Waals surface area contributed by atoms with Crippen LogP contribution in [0.15, 0.2) is 12.1 Å². The van der Waals surface area contributed by atoms with E-state index in [9.17, 15) is 14.7 Å². The minimum Gasteiger partial charge on any atom is -0.507 e. The number of benzene rings is 1. The lowest BCUT2D eigenvalue weighted by atomic mass is 9.78. The molecule has 2 N–H and O–H groups in total. The fraction of sp³-hybridized carbons (Fsp3) is 0.784. The topological polar surface area (TPSA) is 75.6 Å². The van der Waals surface area contributed by atoms with Crippen molar-refractivity contribution in [3.05, 3.63) is 28.8 Å². The van der Waals surface area contributed by atoms with Crippen LogP contribution in [0.25, 0.3) is 0 Å². The second-order valence-electron chi connectivity index (χ2n) is 14.4. The molecule has 0 aliphatic carbocycles. The highest BCUT2D eigenvalue weighted by molar-refractivity contribution is 5.76. The standard InChI is InChI=1S/C37H65NO4/c1-9-10-11-12-13-14-15-16-17-18-19-20-21-22-23-24-33(39)38-29(2)42-34(40)26-25-30-27-31(36(3,4)5)35(41)32(28-30)37(6,7)8/h27-29,41H,9-26H2,1-8H3,(H,38,39). The molecule has 1 atom stereocenters. The molecule has 1 amide bonds. The van der Waals surface area contributed by atoms with E-state index in [0.29, 0.717) is 18.6 Å². The first-order chi connectivity index (χ1) is 19.8. The molecule has 0 aromatic heterocycles. The molecule has 0 radical (unpaired) electrons. The van der Waals surface area contributed by atoms with Gasteiger partial charge in [0.1, 0.15) is 5.75 Å². The third-order valence-corrected chi connectivity index (χ3v) is 8.08. The number of aryl methyl sites for hydroxylation is 1. The summed E-state index contributed by atoms with van der Waals surface area (Å²) in [4.78, 5) is 24.8. The Balaban J connectivity index is 2.22. The number of rotatable bonds is 21. The lowest BCUT2D eigenvalue weighted by molar-refractivity contribution is -0.151. The van der Waals surface area contributed by atoms with Gasteiger partial charge in [0, 0.05) is 12.8 Å². The third-order valence-electron chi connectivity index (χ3n) is 8.08. The van der Waals surface area contributed by atoms with E-state index in [1.54, 1.807) is 6.92 Å². The molecular formula is C37H65NO4. The van der Waals surface area contributed by atoms with E-state index in [2.05, 4.69) is 53.8 Å². The van der Waals surface area contributed by atoms with Crippen LogP contribution in [0.3, 0.4) is 0 Å². The number of amides is 1. The molecule has 5 heteroatoms. The summed E-state index contributed by atoms with van der Waals surface area (Å²) in [5, 5.41) is 13.7. The molecule has 0 saturated heterocycles. The van der Waals surface area contributed by atoms with E-state index in [1.807, 2.05) is 12.1 Å². The SMILES string of the molecule is CCCCCCCCCCCCCCCCCC(=O)NC(C)OC(=O)CCc1cc(C(C)(C)C)c(O)c(C(C)(C)C)c1. The molecule has 0 aliphatic heterocycles. The number of carbonyl (C=O) groups excluding carboxylic acids is 2. The zero-order valence-corrected chi connectivity index (χ0v) is 28.6. The van der Waals surface area contributed by atoms with Crippen molar-refractivity contribution in [2.75, 3.05) is 0 Å². The van der Waals surface area contributed by atoms with Crippen LogP contribution >= 0.6 is 0 Å². The van der Waals surface area contributed by atoms with Gasteiger partial charge >= 0.3 is 5.97 Å². The van der Waals surface area contributed by atoms with Gasteiger partial charge in [-0.05, 0) is 47.3 Å². The fourth-order valence-electron chi connectivity index (χ4n) is 5.47. The van der Waals surface area contributed by atoms with Gasteiger partial charge in [-0.2, -0.15) is 0 Å². The van der Waals surface area contributed by atoms with Crippen LogP contribution in [0.4, 0.5) is 0 Å².